The highest BCUT2D eigenvalue weighted by Gasteiger charge is 2.36. The number of hydrogen-bond donors (Lipinski definition) is 1. The highest BCUT2D eigenvalue weighted by Crippen LogP contribution is 2.41. The van der Waals surface area contributed by atoms with Gasteiger partial charge in [0.05, 0.1) is 17.1 Å². The second-order valence-electron chi connectivity index (χ2n) is 5.64. The van der Waals surface area contributed by atoms with Gasteiger partial charge in [-0.15, -0.1) is 0 Å². The van der Waals surface area contributed by atoms with Gasteiger partial charge in [0.15, 0.2) is 0 Å². The van der Waals surface area contributed by atoms with Crippen LogP contribution in [0.3, 0.4) is 0 Å². The topological polar surface area (TPSA) is 50.4 Å². The summed E-state index contributed by atoms with van der Waals surface area (Å²) in [5.41, 5.74) is 0.337. The van der Waals surface area contributed by atoms with Crippen molar-refractivity contribution in [1.29, 1.82) is 0 Å². The second kappa shape index (κ2) is 6.00. The number of aryl methyl sites for hydroxylation is 1. The van der Waals surface area contributed by atoms with E-state index in [2.05, 4.69) is 6.58 Å². The predicted molar refractivity (Wildman–Crippen MR) is 84.2 cm³/mol. The van der Waals surface area contributed by atoms with Crippen LogP contribution < -0.4 is 0 Å². The maximum atomic E-state index is 12.6. The van der Waals surface area contributed by atoms with Gasteiger partial charge in [-0.05, 0) is 31.2 Å². The van der Waals surface area contributed by atoms with E-state index < -0.39 is 22.3 Å². The average Bonchev–Trinajstić information content (AvgIpc) is 2.99. The van der Waals surface area contributed by atoms with Gasteiger partial charge in [-0.3, -0.25) is 0 Å². The minimum Gasteiger partial charge on any atom is -0.467 e. The summed E-state index contributed by atoms with van der Waals surface area (Å²) in [6.07, 6.45) is 0.614. The Kier molecular flexibility index (Phi) is 4.49. The predicted octanol–water partition coefficient (Wildman–Crippen LogP) is 3.97. The van der Waals surface area contributed by atoms with Crippen molar-refractivity contribution >= 4 is 10.8 Å². The molecular weight excluding hydrogens is 284 g/mol. The summed E-state index contributed by atoms with van der Waals surface area (Å²) in [6.45, 7) is 9.56. The summed E-state index contributed by atoms with van der Waals surface area (Å²) in [5, 5.41) is 10.5. The van der Waals surface area contributed by atoms with Crippen molar-refractivity contribution in [2.24, 2.45) is 5.41 Å². The van der Waals surface area contributed by atoms with Gasteiger partial charge in [0.1, 0.15) is 11.9 Å². The Morgan fingerprint density at radius 2 is 1.90 bits per heavy atom. The molecule has 0 aliphatic rings. The summed E-state index contributed by atoms with van der Waals surface area (Å²) in [5.74, 6) is 0.446. The molecule has 112 valence electrons. The molecule has 0 bridgehead atoms. The molecule has 1 aromatic heterocycles. The van der Waals surface area contributed by atoms with Crippen LogP contribution in [-0.4, -0.2) is 9.32 Å². The smallest absolute Gasteiger partial charge is 0.133 e. The van der Waals surface area contributed by atoms with E-state index in [0.29, 0.717) is 15.6 Å². The first-order valence-corrected chi connectivity index (χ1v) is 7.88. The Morgan fingerprint density at radius 3 is 2.43 bits per heavy atom. The summed E-state index contributed by atoms with van der Waals surface area (Å²) in [4.78, 5) is 1.15. The molecule has 0 aliphatic heterocycles. The van der Waals surface area contributed by atoms with Crippen LogP contribution in [0.4, 0.5) is 0 Å². The van der Waals surface area contributed by atoms with Gasteiger partial charge >= 0.3 is 0 Å². The van der Waals surface area contributed by atoms with E-state index in [0.717, 1.165) is 5.56 Å². The normalized spacial score (nSPS) is 14.7. The minimum absolute atomic E-state index is 0.446. The molecule has 2 atom stereocenters. The lowest BCUT2D eigenvalue weighted by Gasteiger charge is -2.30. The Bertz CT molecular complexity index is 639. The Hall–Kier alpha value is -1.65. The van der Waals surface area contributed by atoms with E-state index in [1.807, 2.05) is 45.0 Å². The molecule has 0 amide bonds. The second-order valence-corrected chi connectivity index (χ2v) is 7.15. The molecule has 0 fully saturated rings. The quantitative estimate of drug-likeness (QED) is 0.909. The van der Waals surface area contributed by atoms with Gasteiger partial charge < -0.3 is 9.52 Å². The molecule has 0 aliphatic carbocycles. The average molecular weight is 304 g/mol. The minimum atomic E-state index is -1.38. The molecule has 0 saturated carbocycles. The number of aliphatic hydroxyl groups is 1. The van der Waals surface area contributed by atoms with Gasteiger partial charge in [0.25, 0.3) is 0 Å². The van der Waals surface area contributed by atoms with E-state index >= 15 is 0 Å². The molecule has 0 spiro atoms. The molecule has 2 rings (SSSR count). The molecule has 0 saturated heterocycles. The van der Waals surface area contributed by atoms with E-state index in [1.165, 1.54) is 6.26 Å². The van der Waals surface area contributed by atoms with E-state index in [-0.39, 0.29) is 0 Å². The van der Waals surface area contributed by atoms with Crippen molar-refractivity contribution in [3.05, 3.63) is 65.5 Å². The van der Waals surface area contributed by atoms with Crippen LogP contribution in [0.5, 0.6) is 0 Å². The number of benzene rings is 1. The van der Waals surface area contributed by atoms with E-state index in [1.54, 1.807) is 12.1 Å². The van der Waals surface area contributed by atoms with Crippen LogP contribution in [0, 0.1) is 12.3 Å². The first kappa shape index (κ1) is 15.7. The van der Waals surface area contributed by atoms with Gasteiger partial charge in [0.2, 0.25) is 0 Å². The van der Waals surface area contributed by atoms with Gasteiger partial charge in [-0.25, -0.2) is 4.21 Å². The van der Waals surface area contributed by atoms with E-state index in [4.69, 9.17) is 4.42 Å². The molecule has 3 nitrogen and oxygen atoms in total. The molecule has 1 heterocycles. The zero-order chi connectivity index (χ0) is 15.6. The monoisotopic (exact) mass is 304 g/mol. The Morgan fingerprint density at radius 1 is 1.29 bits per heavy atom. The fourth-order valence-corrected chi connectivity index (χ4v) is 3.26. The summed E-state index contributed by atoms with van der Waals surface area (Å²) in [7, 11) is -1.38. The standard InChI is InChI=1S/C17H20O3S/c1-12-7-9-14(10-8-12)21(19)13(2)17(3,4)16(18)15-6-5-11-20-15/h5-11,16,18H,2H2,1,3-4H3/t16-,21-/m1/s1. The van der Waals surface area contributed by atoms with Crippen LogP contribution in [0.2, 0.25) is 0 Å². The third kappa shape index (κ3) is 3.17. The van der Waals surface area contributed by atoms with Crippen LogP contribution in [0.1, 0.15) is 31.3 Å². The Balaban J connectivity index is 2.25. The van der Waals surface area contributed by atoms with Crippen LogP contribution in [0.25, 0.3) is 0 Å². The number of hydrogen-bond acceptors (Lipinski definition) is 3. The van der Waals surface area contributed by atoms with Crippen LogP contribution in [-0.2, 0) is 10.8 Å². The van der Waals surface area contributed by atoms with Crippen LogP contribution >= 0.6 is 0 Å². The maximum Gasteiger partial charge on any atom is 0.133 e. The molecule has 21 heavy (non-hydrogen) atoms. The Labute approximate surface area is 127 Å². The third-order valence-corrected chi connectivity index (χ3v) is 5.35. The summed E-state index contributed by atoms with van der Waals surface area (Å²) >= 11 is 0. The highest BCUT2D eigenvalue weighted by atomic mass is 32.2. The highest BCUT2D eigenvalue weighted by molar-refractivity contribution is 7.89. The van der Waals surface area contributed by atoms with Crippen molar-refractivity contribution in [3.8, 4) is 0 Å². The molecular formula is C17H20O3S. The fraction of sp³-hybridized carbons (Fsp3) is 0.294. The molecule has 2 aromatic rings. The zero-order valence-electron chi connectivity index (χ0n) is 12.5. The van der Waals surface area contributed by atoms with Crippen molar-refractivity contribution in [2.75, 3.05) is 0 Å². The van der Waals surface area contributed by atoms with Crippen molar-refractivity contribution in [1.82, 2.24) is 0 Å². The molecule has 1 N–H and O–H groups in total. The number of furan rings is 1. The fourth-order valence-electron chi connectivity index (χ4n) is 2.00. The number of rotatable bonds is 5. The van der Waals surface area contributed by atoms with Crippen molar-refractivity contribution in [3.63, 3.8) is 0 Å². The summed E-state index contributed by atoms with van der Waals surface area (Å²) < 4.78 is 17.9. The maximum absolute atomic E-state index is 12.6. The van der Waals surface area contributed by atoms with Gasteiger partial charge in [0, 0.05) is 15.2 Å². The largest absolute Gasteiger partial charge is 0.467 e. The van der Waals surface area contributed by atoms with Crippen molar-refractivity contribution < 1.29 is 13.7 Å². The zero-order valence-corrected chi connectivity index (χ0v) is 13.3. The number of aliphatic hydroxyl groups excluding tert-OH is 1. The first-order chi connectivity index (χ1) is 9.84. The van der Waals surface area contributed by atoms with Gasteiger partial charge in [-0.2, -0.15) is 0 Å². The summed E-state index contributed by atoms with van der Waals surface area (Å²) in [6, 6.07) is 10.9. The lowest BCUT2D eigenvalue weighted by Crippen LogP contribution is -2.26. The molecule has 0 radical (unpaired) electrons. The van der Waals surface area contributed by atoms with E-state index in [9.17, 15) is 9.32 Å². The lowest BCUT2D eigenvalue weighted by atomic mass is 9.85. The molecule has 0 unspecified atom stereocenters. The SMILES string of the molecule is C=C([S@@](=O)c1ccc(C)cc1)C(C)(C)[C@H](O)c1ccco1. The molecule has 4 heteroatoms. The molecule has 1 aromatic carbocycles. The lowest BCUT2D eigenvalue weighted by molar-refractivity contribution is 0.0589. The third-order valence-electron chi connectivity index (χ3n) is 3.67. The van der Waals surface area contributed by atoms with Crippen LogP contribution in [0.15, 0.2) is 63.5 Å². The first-order valence-electron chi connectivity index (χ1n) is 6.73. The van der Waals surface area contributed by atoms with Gasteiger partial charge in [-0.1, -0.05) is 38.1 Å². The van der Waals surface area contributed by atoms with Crippen molar-refractivity contribution in [2.45, 2.75) is 31.8 Å².